The number of halogens is 1. The molecule has 3 nitrogen and oxygen atoms in total. The second kappa shape index (κ2) is 7.41. The first kappa shape index (κ1) is 16.5. The number of rotatable bonds is 5. The Morgan fingerprint density at radius 2 is 2.00 bits per heavy atom. The first-order valence-corrected chi connectivity index (χ1v) is 8.57. The standard InChI is InChI=1S/C17H25BrN2O/c1-12(2)16(20-9-4-5-10-20)11-19-17(21)14-7-6-8-15(18)13(14)3/h6-8,12,16H,4-5,9-11H2,1-3H3,(H,19,21). The lowest BCUT2D eigenvalue weighted by atomic mass is 10.0. The molecule has 1 aromatic carbocycles. The molecule has 1 aromatic rings. The fraction of sp³-hybridized carbons (Fsp3) is 0.588. The van der Waals surface area contributed by atoms with E-state index in [2.05, 4.69) is 40.0 Å². The highest BCUT2D eigenvalue weighted by Gasteiger charge is 2.25. The van der Waals surface area contributed by atoms with Crippen LogP contribution in [0.3, 0.4) is 0 Å². The predicted octanol–water partition coefficient (Wildman–Crippen LogP) is 3.61. The van der Waals surface area contributed by atoms with Gasteiger partial charge in [-0.2, -0.15) is 0 Å². The Bertz CT molecular complexity index is 496. The Morgan fingerprint density at radius 3 is 2.62 bits per heavy atom. The highest BCUT2D eigenvalue weighted by molar-refractivity contribution is 9.10. The molecule has 1 atom stereocenters. The Balaban J connectivity index is 2.00. The zero-order valence-electron chi connectivity index (χ0n) is 13.2. The van der Waals surface area contributed by atoms with Crippen molar-refractivity contribution in [1.82, 2.24) is 10.2 Å². The van der Waals surface area contributed by atoms with E-state index in [0.29, 0.717) is 12.0 Å². The second-order valence-electron chi connectivity index (χ2n) is 6.18. The van der Waals surface area contributed by atoms with Gasteiger partial charge in [0.1, 0.15) is 0 Å². The average Bonchev–Trinajstić information content (AvgIpc) is 2.95. The summed E-state index contributed by atoms with van der Waals surface area (Å²) in [6.45, 7) is 9.49. The van der Waals surface area contributed by atoms with E-state index >= 15 is 0 Å². The van der Waals surface area contributed by atoms with E-state index in [1.807, 2.05) is 25.1 Å². The minimum Gasteiger partial charge on any atom is -0.350 e. The first-order chi connectivity index (χ1) is 10.0. The van der Waals surface area contributed by atoms with Gasteiger partial charge in [0.05, 0.1) is 0 Å². The van der Waals surface area contributed by atoms with Crippen LogP contribution in [0, 0.1) is 12.8 Å². The number of carbonyl (C=O) groups excluding carboxylic acids is 1. The fourth-order valence-corrected chi connectivity index (χ4v) is 3.37. The zero-order chi connectivity index (χ0) is 15.4. The number of hydrogen-bond donors (Lipinski definition) is 1. The van der Waals surface area contributed by atoms with Crippen LogP contribution in [0.25, 0.3) is 0 Å². The van der Waals surface area contributed by atoms with Crippen LogP contribution < -0.4 is 5.32 Å². The molecule has 0 aromatic heterocycles. The molecule has 1 aliphatic rings. The van der Waals surface area contributed by atoms with E-state index in [1.54, 1.807) is 0 Å². The molecule has 2 rings (SSSR count). The molecule has 4 heteroatoms. The van der Waals surface area contributed by atoms with Gasteiger partial charge in [-0.05, 0) is 56.5 Å². The van der Waals surface area contributed by atoms with E-state index in [9.17, 15) is 4.79 Å². The van der Waals surface area contributed by atoms with E-state index in [0.717, 1.165) is 35.2 Å². The van der Waals surface area contributed by atoms with Crippen molar-refractivity contribution in [2.75, 3.05) is 19.6 Å². The molecule has 1 fully saturated rings. The maximum atomic E-state index is 12.4. The SMILES string of the molecule is Cc1c(Br)cccc1C(=O)NCC(C(C)C)N1CCCC1. The predicted molar refractivity (Wildman–Crippen MR) is 90.6 cm³/mol. The monoisotopic (exact) mass is 352 g/mol. The minimum absolute atomic E-state index is 0.0265. The van der Waals surface area contributed by atoms with Gasteiger partial charge in [-0.3, -0.25) is 9.69 Å². The highest BCUT2D eigenvalue weighted by Crippen LogP contribution is 2.20. The summed E-state index contributed by atoms with van der Waals surface area (Å²) >= 11 is 3.48. The molecular formula is C17H25BrN2O. The summed E-state index contributed by atoms with van der Waals surface area (Å²) in [6, 6.07) is 6.19. The maximum Gasteiger partial charge on any atom is 0.251 e. The van der Waals surface area contributed by atoms with E-state index in [4.69, 9.17) is 0 Å². The van der Waals surface area contributed by atoms with Crippen molar-refractivity contribution in [2.45, 2.75) is 39.7 Å². The summed E-state index contributed by atoms with van der Waals surface area (Å²) in [5, 5.41) is 3.12. The molecule has 1 aliphatic heterocycles. The molecule has 1 saturated heterocycles. The number of nitrogens with one attached hydrogen (secondary N) is 1. The third kappa shape index (κ3) is 4.07. The van der Waals surface area contributed by atoms with Gasteiger partial charge < -0.3 is 5.32 Å². The minimum atomic E-state index is 0.0265. The van der Waals surface area contributed by atoms with Gasteiger partial charge >= 0.3 is 0 Å². The number of carbonyl (C=O) groups is 1. The Morgan fingerprint density at radius 1 is 1.33 bits per heavy atom. The van der Waals surface area contributed by atoms with Crippen LogP contribution in [0.2, 0.25) is 0 Å². The Kier molecular flexibility index (Phi) is 5.82. The van der Waals surface area contributed by atoms with E-state index in [-0.39, 0.29) is 5.91 Å². The molecule has 0 saturated carbocycles. The van der Waals surface area contributed by atoms with Crippen molar-refractivity contribution in [3.8, 4) is 0 Å². The van der Waals surface area contributed by atoms with Crippen LogP contribution in [-0.2, 0) is 0 Å². The van der Waals surface area contributed by atoms with Crippen molar-refractivity contribution < 1.29 is 4.79 Å². The number of amides is 1. The summed E-state index contributed by atoms with van der Waals surface area (Å²) in [5.74, 6) is 0.575. The molecule has 1 N–H and O–H groups in total. The molecule has 0 bridgehead atoms. The molecule has 1 unspecified atom stereocenters. The molecule has 1 amide bonds. The molecular weight excluding hydrogens is 328 g/mol. The van der Waals surface area contributed by atoms with Crippen LogP contribution in [0.4, 0.5) is 0 Å². The number of benzene rings is 1. The molecule has 116 valence electrons. The van der Waals surface area contributed by atoms with Crippen LogP contribution in [0.5, 0.6) is 0 Å². The topological polar surface area (TPSA) is 32.3 Å². The lowest BCUT2D eigenvalue weighted by Crippen LogP contribution is -2.45. The normalized spacial score (nSPS) is 17.2. The van der Waals surface area contributed by atoms with Gasteiger partial charge in [0.25, 0.3) is 5.91 Å². The van der Waals surface area contributed by atoms with Crippen LogP contribution in [0.15, 0.2) is 22.7 Å². The largest absolute Gasteiger partial charge is 0.350 e. The highest BCUT2D eigenvalue weighted by atomic mass is 79.9. The van der Waals surface area contributed by atoms with Crippen molar-refractivity contribution in [1.29, 1.82) is 0 Å². The average molecular weight is 353 g/mol. The summed E-state index contributed by atoms with van der Waals surface area (Å²) in [4.78, 5) is 14.9. The van der Waals surface area contributed by atoms with Gasteiger partial charge in [-0.15, -0.1) is 0 Å². The summed E-state index contributed by atoms with van der Waals surface area (Å²) in [7, 11) is 0. The first-order valence-electron chi connectivity index (χ1n) is 7.78. The molecule has 21 heavy (non-hydrogen) atoms. The third-order valence-corrected chi connectivity index (χ3v) is 5.22. The van der Waals surface area contributed by atoms with Crippen molar-refractivity contribution in [3.63, 3.8) is 0 Å². The maximum absolute atomic E-state index is 12.4. The molecule has 0 aliphatic carbocycles. The zero-order valence-corrected chi connectivity index (χ0v) is 14.7. The van der Waals surface area contributed by atoms with Crippen LogP contribution >= 0.6 is 15.9 Å². The smallest absolute Gasteiger partial charge is 0.251 e. The Hall–Kier alpha value is -0.870. The second-order valence-corrected chi connectivity index (χ2v) is 7.03. The van der Waals surface area contributed by atoms with Crippen LogP contribution in [0.1, 0.15) is 42.6 Å². The van der Waals surface area contributed by atoms with Gasteiger partial charge in [0, 0.05) is 22.6 Å². The lowest BCUT2D eigenvalue weighted by Gasteiger charge is -2.31. The Labute approximate surface area is 136 Å². The van der Waals surface area contributed by atoms with Gasteiger partial charge in [0.2, 0.25) is 0 Å². The van der Waals surface area contributed by atoms with Crippen LogP contribution in [-0.4, -0.2) is 36.5 Å². The summed E-state index contributed by atoms with van der Waals surface area (Å²) in [5.41, 5.74) is 1.76. The summed E-state index contributed by atoms with van der Waals surface area (Å²) < 4.78 is 0.982. The van der Waals surface area contributed by atoms with Crippen molar-refractivity contribution >= 4 is 21.8 Å². The van der Waals surface area contributed by atoms with Gasteiger partial charge in [-0.25, -0.2) is 0 Å². The lowest BCUT2D eigenvalue weighted by molar-refractivity contribution is 0.0926. The summed E-state index contributed by atoms with van der Waals surface area (Å²) in [6.07, 6.45) is 2.56. The number of likely N-dealkylation sites (tertiary alicyclic amines) is 1. The van der Waals surface area contributed by atoms with E-state index in [1.165, 1.54) is 12.8 Å². The van der Waals surface area contributed by atoms with Crippen molar-refractivity contribution in [2.24, 2.45) is 5.92 Å². The van der Waals surface area contributed by atoms with Crippen molar-refractivity contribution in [3.05, 3.63) is 33.8 Å². The fourth-order valence-electron chi connectivity index (χ4n) is 3.01. The quantitative estimate of drug-likeness (QED) is 0.877. The third-order valence-electron chi connectivity index (χ3n) is 4.36. The van der Waals surface area contributed by atoms with E-state index < -0.39 is 0 Å². The molecule has 1 heterocycles. The molecule has 0 radical (unpaired) electrons. The number of hydrogen-bond acceptors (Lipinski definition) is 2. The number of nitrogens with zero attached hydrogens (tertiary/aromatic N) is 1. The van der Waals surface area contributed by atoms with Gasteiger partial charge in [-0.1, -0.05) is 35.8 Å². The van der Waals surface area contributed by atoms with Gasteiger partial charge in [0.15, 0.2) is 0 Å². The molecule has 0 spiro atoms.